The monoisotopic (exact) mass is 273 g/mol. The van der Waals surface area contributed by atoms with Crippen LogP contribution in [0.25, 0.3) is 11.0 Å². The van der Waals surface area contributed by atoms with Gasteiger partial charge < -0.3 is 10.3 Å². The molecule has 1 aromatic heterocycles. The van der Waals surface area contributed by atoms with Crippen LogP contribution < -0.4 is 11.0 Å². The first kappa shape index (κ1) is 13.4. The molecule has 0 amide bonds. The highest BCUT2D eigenvalue weighted by molar-refractivity contribution is 5.78. The Morgan fingerprint density at radius 2 is 2.10 bits per heavy atom. The average molecular weight is 273 g/mol. The van der Waals surface area contributed by atoms with E-state index in [1.165, 1.54) is 44.3 Å². The zero-order valence-corrected chi connectivity index (χ0v) is 12.1. The van der Waals surface area contributed by atoms with Crippen LogP contribution in [-0.4, -0.2) is 22.6 Å². The molecular formula is C16H23N3O. The summed E-state index contributed by atoms with van der Waals surface area (Å²) in [6, 6.07) is 6.17. The fraction of sp³-hybridized carbons (Fsp3) is 0.562. The van der Waals surface area contributed by atoms with Crippen molar-refractivity contribution in [1.82, 2.24) is 14.9 Å². The van der Waals surface area contributed by atoms with Crippen LogP contribution in [-0.2, 0) is 13.5 Å². The van der Waals surface area contributed by atoms with Crippen LogP contribution in [0.3, 0.4) is 0 Å². The van der Waals surface area contributed by atoms with Crippen molar-refractivity contribution in [3.05, 3.63) is 34.2 Å². The Bertz CT molecular complexity index is 635. The van der Waals surface area contributed by atoms with Crippen LogP contribution in [0.1, 0.15) is 31.2 Å². The third-order valence-electron chi connectivity index (χ3n) is 4.52. The number of fused-ring (bicyclic) bond motifs is 1. The number of nitrogens with zero attached hydrogens (tertiary/aromatic N) is 1. The van der Waals surface area contributed by atoms with E-state index in [1.54, 1.807) is 4.57 Å². The maximum Gasteiger partial charge on any atom is 0.326 e. The van der Waals surface area contributed by atoms with Crippen molar-refractivity contribution >= 4 is 11.0 Å². The maximum atomic E-state index is 11.7. The molecule has 4 nitrogen and oxygen atoms in total. The van der Waals surface area contributed by atoms with Crippen molar-refractivity contribution in [1.29, 1.82) is 0 Å². The number of nitrogens with one attached hydrogen (secondary N) is 2. The molecule has 1 aliphatic heterocycles. The molecule has 0 spiro atoms. The highest BCUT2D eigenvalue weighted by atomic mass is 16.1. The number of aryl methyl sites for hydroxylation is 2. The van der Waals surface area contributed by atoms with Gasteiger partial charge in [0.1, 0.15) is 0 Å². The normalized spacial score (nSPS) is 16.9. The predicted octanol–water partition coefficient (Wildman–Crippen LogP) is 2.19. The van der Waals surface area contributed by atoms with Gasteiger partial charge in [0, 0.05) is 7.05 Å². The van der Waals surface area contributed by atoms with Gasteiger partial charge in [-0.2, -0.15) is 0 Å². The van der Waals surface area contributed by atoms with Gasteiger partial charge in [-0.05, 0) is 56.3 Å². The SMILES string of the molecule is Cn1c(=O)[nH]c2cccc(CCCC3CCNCC3)c21. The lowest BCUT2D eigenvalue weighted by Gasteiger charge is -2.22. The number of H-pyrrole nitrogens is 1. The first-order chi connectivity index (χ1) is 9.75. The lowest BCUT2D eigenvalue weighted by Crippen LogP contribution is -2.27. The van der Waals surface area contributed by atoms with E-state index in [0.29, 0.717) is 0 Å². The van der Waals surface area contributed by atoms with Crippen molar-refractivity contribution in [2.45, 2.75) is 32.1 Å². The van der Waals surface area contributed by atoms with E-state index in [9.17, 15) is 4.79 Å². The Labute approximate surface area is 119 Å². The fourth-order valence-electron chi connectivity index (χ4n) is 3.34. The molecule has 1 aliphatic rings. The summed E-state index contributed by atoms with van der Waals surface area (Å²) in [5.41, 5.74) is 3.29. The van der Waals surface area contributed by atoms with E-state index in [2.05, 4.69) is 16.4 Å². The molecule has 2 N–H and O–H groups in total. The topological polar surface area (TPSA) is 49.8 Å². The van der Waals surface area contributed by atoms with Gasteiger partial charge in [-0.3, -0.25) is 4.57 Å². The van der Waals surface area contributed by atoms with E-state index in [4.69, 9.17) is 0 Å². The van der Waals surface area contributed by atoms with E-state index in [-0.39, 0.29) is 5.69 Å². The molecule has 0 unspecified atom stereocenters. The van der Waals surface area contributed by atoms with Crippen LogP contribution in [0.4, 0.5) is 0 Å². The largest absolute Gasteiger partial charge is 0.326 e. The second-order valence-corrected chi connectivity index (χ2v) is 5.89. The minimum absolute atomic E-state index is 0.0224. The Hall–Kier alpha value is -1.55. The van der Waals surface area contributed by atoms with Crippen LogP contribution in [0.2, 0.25) is 0 Å². The summed E-state index contributed by atoms with van der Waals surface area (Å²) in [6.07, 6.45) is 6.20. The third kappa shape index (κ3) is 2.66. The smallest absolute Gasteiger partial charge is 0.317 e. The van der Waals surface area contributed by atoms with Crippen LogP contribution in [0.5, 0.6) is 0 Å². The molecular weight excluding hydrogens is 250 g/mol. The van der Waals surface area contributed by atoms with Gasteiger partial charge >= 0.3 is 5.69 Å². The van der Waals surface area contributed by atoms with Gasteiger partial charge in [0.15, 0.2) is 0 Å². The van der Waals surface area contributed by atoms with Gasteiger partial charge in [0.25, 0.3) is 0 Å². The van der Waals surface area contributed by atoms with Crippen molar-refractivity contribution in [2.75, 3.05) is 13.1 Å². The lowest BCUT2D eigenvalue weighted by molar-refractivity contribution is 0.347. The molecule has 0 saturated carbocycles. The molecule has 0 bridgehead atoms. The molecule has 1 fully saturated rings. The standard InChI is InChI=1S/C16H23N3O/c1-19-15-13(6-3-7-14(15)18-16(19)20)5-2-4-12-8-10-17-11-9-12/h3,6-7,12,17H,2,4-5,8-11H2,1H3,(H,18,20). The van der Waals surface area contributed by atoms with Crippen molar-refractivity contribution in [2.24, 2.45) is 13.0 Å². The first-order valence-electron chi connectivity index (χ1n) is 7.63. The minimum atomic E-state index is -0.0224. The van der Waals surface area contributed by atoms with Crippen molar-refractivity contribution in [3.8, 4) is 0 Å². The van der Waals surface area contributed by atoms with Crippen molar-refractivity contribution in [3.63, 3.8) is 0 Å². The highest BCUT2D eigenvalue weighted by Crippen LogP contribution is 2.22. The molecule has 3 rings (SSSR count). The summed E-state index contributed by atoms with van der Waals surface area (Å²) < 4.78 is 1.73. The zero-order chi connectivity index (χ0) is 13.9. The summed E-state index contributed by atoms with van der Waals surface area (Å²) >= 11 is 0. The Morgan fingerprint density at radius 3 is 2.90 bits per heavy atom. The minimum Gasteiger partial charge on any atom is -0.317 e. The van der Waals surface area contributed by atoms with Gasteiger partial charge in [-0.15, -0.1) is 0 Å². The Balaban J connectivity index is 1.69. The van der Waals surface area contributed by atoms with Crippen LogP contribution >= 0.6 is 0 Å². The molecule has 1 aromatic carbocycles. The third-order valence-corrected chi connectivity index (χ3v) is 4.52. The number of hydrogen-bond acceptors (Lipinski definition) is 2. The second-order valence-electron chi connectivity index (χ2n) is 5.89. The van der Waals surface area contributed by atoms with E-state index in [1.807, 2.05) is 19.2 Å². The van der Waals surface area contributed by atoms with Gasteiger partial charge in [0.05, 0.1) is 11.0 Å². The maximum absolute atomic E-state index is 11.7. The summed E-state index contributed by atoms with van der Waals surface area (Å²) in [5.74, 6) is 0.880. The summed E-state index contributed by atoms with van der Waals surface area (Å²) in [4.78, 5) is 14.6. The summed E-state index contributed by atoms with van der Waals surface area (Å²) in [5, 5.41) is 3.42. The van der Waals surface area contributed by atoms with Crippen LogP contribution in [0.15, 0.2) is 23.0 Å². The summed E-state index contributed by atoms with van der Waals surface area (Å²) in [7, 11) is 1.84. The first-order valence-corrected chi connectivity index (χ1v) is 7.63. The highest BCUT2D eigenvalue weighted by Gasteiger charge is 2.13. The molecule has 2 aromatic rings. The van der Waals surface area contributed by atoms with E-state index >= 15 is 0 Å². The van der Waals surface area contributed by atoms with E-state index < -0.39 is 0 Å². The molecule has 20 heavy (non-hydrogen) atoms. The number of imidazole rings is 1. The van der Waals surface area contributed by atoms with Crippen molar-refractivity contribution < 1.29 is 0 Å². The molecule has 0 aliphatic carbocycles. The number of rotatable bonds is 4. The molecule has 4 heteroatoms. The van der Waals surface area contributed by atoms with Gasteiger partial charge in [-0.1, -0.05) is 18.6 Å². The molecule has 1 saturated heterocycles. The van der Waals surface area contributed by atoms with Gasteiger partial charge in [0.2, 0.25) is 0 Å². The number of para-hydroxylation sites is 1. The molecule has 108 valence electrons. The lowest BCUT2D eigenvalue weighted by atomic mass is 9.91. The number of aromatic nitrogens is 2. The molecule has 2 heterocycles. The average Bonchev–Trinajstić information content (AvgIpc) is 2.76. The number of hydrogen-bond donors (Lipinski definition) is 2. The summed E-state index contributed by atoms with van der Waals surface area (Å²) in [6.45, 7) is 2.35. The quantitative estimate of drug-likeness (QED) is 0.897. The second kappa shape index (κ2) is 5.83. The molecule has 0 radical (unpaired) electrons. The Morgan fingerprint density at radius 1 is 1.30 bits per heavy atom. The number of piperidine rings is 1. The zero-order valence-electron chi connectivity index (χ0n) is 12.1. The van der Waals surface area contributed by atoms with Crippen LogP contribution in [0, 0.1) is 5.92 Å². The number of benzene rings is 1. The number of aromatic amines is 1. The fourth-order valence-corrected chi connectivity index (χ4v) is 3.34. The predicted molar refractivity (Wildman–Crippen MR) is 82.1 cm³/mol. The van der Waals surface area contributed by atoms with Gasteiger partial charge in [-0.25, -0.2) is 4.79 Å². The van der Waals surface area contributed by atoms with E-state index in [0.717, 1.165) is 23.4 Å². The molecule has 0 atom stereocenters. The Kier molecular flexibility index (Phi) is 3.92.